The van der Waals surface area contributed by atoms with Crippen molar-refractivity contribution in [3.05, 3.63) is 34.3 Å². The molecule has 0 amide bonds. The van der Waals surface area contributed by atoms with Crippen LogP contribution in [0.1, 0.15) is 31.9 Å². The molecule has 0 spiro atoms. The number of halogens is 1. The van der Waals surface area contributed by atoms with Crippen molar-refractivity contribution in [3.8, 4) is 0 Å². The van der Waals surface area contributed by atoms with E-state index in [0.717, 1.165) is 17.4 Å². The smallest absolute Gasteiger partial charge is 0.0473 e. The number of nitrogens with two attached hydrogens (primary N) is 1. The predicted octanol–water partition coefficient (Wildman–Crippen LogP) is 2.54. The number of aliphatic hydroxyl groups is 1. The molecule has 1 aromatic carbocycles. The van der Waals surface area contributed by atoms with Gasteiger partial charge in [-0.25, -0.2) is 0 Å². The van der Waals surface area contributed by atoms with Crippen LogP contribution in [0.2, 0.25) is 0 Å². The molecule has 3 N–H and O–H groups in total. The van der Waals surface area contributed by atoms with Crippen LogP contribution in [0.15, 0.2) is 28.7 Å². The second-order valence-electron chi connectivity index (χ2n) is 4.71. The zero-order valence-corrected chi connectivity index (χ0v) is 12.7. The minimum Gasteiger partial charge on any atom is -0.396 e. The third-order valence-electron chi connectivity index (χ3n) is 3.12. The Kier molecular flexibility index (Phi) is 6.86. The highest BCUT2D eigenvalue weighted by Gasteiger charge is 2.21. The number of nitrogens with zero attached hydrogens (tertiary/aromatic N) is 1. The van der Waals surface area contributed by atoms with Gasteiger partial charge < -0.3 is 10.8 Å². The Hall–Kier alpha value is -0.420. The minimum atomic E-state index is 0.213. The van der Waals surface area contributed by atoms with E-state index in [4.69, 9.17) is 10.8 Å². The van der Waals surface area contributed by atoms with Gasteiger partial charge in [-0.15, -0.1) is 0 Å². The molecule has 1 aromatic rings. The second-order valence-corrected chi connectivity index (χ2v) is 5.63. The maximum absolute atomic E-state index is 8.99. The zero-order chi connectivity index (χ0) is 13.5. The summed E-state index contributed by atoms with van der Waals surface area (Å²) in [5.41, 5.74) is 7.17. The van der Waals surface area contributed by atoms with Crippen LogP contribution in [0.5, 0.6) is 0 Å². The molecule has 0 bridgehead atoms. The fourth-order valence-corrected chi connectivity index (χ4v) is 2.44. The van der Waals surface area contributed by atoms with E-state index in [1.54, 1.807) is 0 Å². The van der Waals surface area contributed by atoms with Crippen molar-refractivity contribution in [2.24, 2.45) is 5.73 Å². The highest BCUT2D eigenvalue weighted by molar-refractivity contribution is 9.10. The Morgan fingerprint density at radius 2 is 1.89 bits per heavy atom. The van der Waals surface area contributed by atoms with E-state index in [9.17, 15) is 0 Å². The van der Waals surface area contributed by atoms with Crippen molar-refractivity contribution >= 4 is 15.9 Å². The van der Waals surface area contributed by atoms with Gasteiger partial charge >= 0.3 is 0 Å². The summed E-state index contributed by atoms with van der Waals surface area (Å²) < 4.78 is 1.08. The predicted molar refractivity (Wildman–Crippen MR) is 79.5 cm³/mol. The number of aliphatic hydroxyl groups excluding tert-OH is 1. The van der Waals surface area contributed by atoms with Gasteiger partial charge in [0, 0.05) is 36.3 Å². The van der Waals surface area contributed by atoms with Crippen LogP contribution >= 0.6 is 15.9 Å². The number of benzene rings is 1. The van der Waals surface area contributed by atoms with Crippen LogP contribution in [0.25, 0.3) is 0 Å². The minimum absolute atomic E-state index is 0.213. The summed E-state index contributed by atoms with van der Waals surface area (Å²) in [5.74, 6) is 0. The van der Waals surface area contributed by atoms with Gasteiger partial charge in [-0.3, -0.25) is 4.90 Å². The molecule has 0 aliphatic heterocycles. The largest absolute Gasteiger partial charge is 0.396 e. The first-order chi connectivity index (χ1) is 8.60. The molecule has 3 nitrogen and oxygen atoms in total. The van der Waals surface area contributed by atoms with Crippen molar-refractivity contribution in [2.45, 2.75) is 32.4 Å². The summed E-state index contributed by atoms with van der Waals surface area (Å²) in [7, 11) is 0. The lowest BCUT2D eigenvalue weighted by Gasteiger charge is -2.34. The molecule has 0 heterocycles. The fraction of sp³-hybridized carbons (Fsp3) is 0.571. The summed E-state index contributed by atoms with van der Waals surface area (Å²) in [6.07, 6.45) is 0.783. The molecule has 0 aromatic heterocycles. The Balaban J connectivity index is 2.87. The highest BCUT2D eigenvalue weighted by atomic mass is 79.9. The van der Waals surface area contributed by atoms with Gasteiger partial charge in [0.2, 0.25) is 0 Å². The van der Waals surface area contributed by atoms with Crippen molar-refractivity contribution in [2.75, 3.05) is 19.7 Å². The van der Waals surface area contributed by atoms with Gasteiger partial charge in [0.15, 0.2) is 0 Å². The SMILES string of the molecule is CC(C)N(CCCO)C(CN)c1ccc(Br)cc1. The van der Waals surface area contributed by atoms with Gasteiger partial charge in [-0.2, -0.15) is 0 Å². The molecule has 18 heavy (non-hydrogen) atoms. The summed E-state index contributed by atoms with van der Waals surface area (Å²) in [5, 5.41) is 8.99. The fourth-order valence-electron chi connectivity index (χ4n) is 2.18. The molecule has 0 radical (unpaired) electrons. The topological polar surface area (TPSA) is 49.5 Å². The Morgan fingerprint density at radius 1 is 1.28 bits per heavy atom. The summed E-state index contributed by atoms with van der Waals surface area (Å²) in [6, 6.07) is 8.93. The Labute approximate surface area is 118 Å². The first-order valence-electron chi connectivity index (χ1n) is 6.42. The molecule has 0 saturated heterocycles. The van der Waals surface area contributed by atoms with Crippen LogP contribution in [0.3, 0.4) is 0 Å². The lowest BCUT2D eigenvalue weighted by molar-refractivity contribution is 0.141. The molecular weight excluding hydrogens is 292 g/mol. The van der Waals surface area contributed by atoms with Crippen LogP contribution in [-0.4, -0.2) is 35.7 Å². The van der Waals surface area contributed by atoms with E-state index in [2.05, 4.69) is 46.8 Å². The van der Waals surface area contributed by atoms with Gasteiger partial charge in [0.25, 0.3) is 0 Å². The van der Waals surface area contributed by atoms with Crippen molar-refractivity contribution < 1.29 is 5.11 Å². The van der Waals surface area contributed by atoms with Crippen LogP contribution in [0.4, 0.5) is 0 Å². The summed E-state index contributed by atoms with van der Waals surface area (Å²) in [4.78, 5) is 2.35. The van der Waals surface area contributed by atoms with Crippen LogP contribution in [-0.2, 0) is 0 Å². The second kappa shape index (κ2) is 7.89. The normalized spacial score (nSPS) is 13.3. The first kappa shape index (κ1) is 15.6. The first-order valence-corrected chi connectivity index (χ1v) is 7.21. The molecule has 4 heteroatoms. The van der Waals surface area contributed by atoms with Crippen molar-refractivity contribution in [1.29, 1.82) is 0 Å². The van der Waals surface area contributed by atoms with Crippen LogP contribution < -0.4 is 5.73 Å². The van der Waals surface area contributed by atoms with Gasteiger partial charge in [0.1, 0.15) is 0 Å². The number of hydrogen-bond acceptors (Lipinski definition) is 3. The molecule has 1 atom stereocenters. The zero-order valence-electron chi connectivity index (χ0n) is 11.1. The summed E-state index contributed by atoms with van der Waals surface area (Å²) >= 11 is 3.45. The lowest BCUT2D eigenvalue weighted by atomic mass is 10.0. The Bertz CT molecular complexity index is 340. The quantitative estimate of drug-likeness (QED) is 0.813. The van der Waals surface area contributed by atoms with E-state index in [0.29, 0.717) is 12.6 Å². The van der Waals surface area contributed by atoms with Crippen molar-refractivity contribution in [1.82, 2.24) is 4.90 Å². The van der Waals surface area contributed by atoms with E-state index in [1.807, 2.05) is 12.1 Å². The van der Waals surface area contributed by atoms with E-state index >= 15 is 0 Å². The highest BCUT2D eigenvalue weighted by Crippen LogP contribution is 2.23. The average molecular weight is 315 g/mol. The van der Waals surface area contributed by atoms with E-state index in [-0.39, 0.29) is 12.6 Å². The number of rotatable bonds is 7. The standard InChI is InChI=1S/C14H23BrN2O/c1-11(2)17(8-3-9-18)14(10-16)12-4-6-13(15)7-5-12/h4-7,11,14,18H,3,8-10,16H2,1-2H3. The molecule has 1 rings (SSSR count). The molecule has 0 saturated carbocycles. The van der Waals surface area contributed by atoms with E-state index in [1.165, 1.54) is 5.56 Å². The molecular formula is C14H23BrN2O. The van der Waals surface area contributed by atoms with Crippen molar-refractivity contribution in [3.63, 3.8) is 0 Å². The summed E-state index contributed by atoms with van der Waals surface area (Å²) in [6.45, 7) is 6.01. The molecule has 0 fully saturated rings. The van der Waals surface area contributed by atoms with Gasteiger partial charge in [-0.1, -0.05) is 28.1 Å². The third-order valence-corrected chi connectivity index (χ3v) is 3.64. The lowest BCUT2D eigenvalue weighted by Crippen LogP contribution is -2.39. The molecule has 1 unspecified atom stereocenters. The van der Waals surface area contributed by atoms with Gasteiger partial charge in [0.05, 0.1) is 0 Å². The molecule has 102 valence electrons. The van der Waals surface area contributed by atoms with Gasteiger partial charge in [-0.05, 0) is 38.0 Å². The maximum Gasteiger partial charge on any atom is 0.0473 e. The van der Waals surface area contributed by atoms with E-state index < -0.39 is 0 Å². The number of hydrogen-bond donors (Lipinski definition) is 2. The Morgan fingerprint density at radius 3 is 2.33 bits per heavy atom. The van der Waals surface area contributed by atoms with Crippen LogP contribution in [0, 0.1) is 0 Å². The molecule has 0 aliphatic carbocycles. The third kappa shape index (κ3) is 4.35. The maximum atomic E-state index is 8.99. The average Bonchev–Trinajstić information content (AvgIpc) is 2.35. The molecule has 0 aliphatic rings. The monoisotopic (exact) mass is 314 g/mol.